The highest BCUT2D eigenvalue weighted by molar-refractivity contribution is 7.15. The van der Waals surface area contributed by atoms with Crippen LogP contribution < -0.4 is 10.1 Å². The fraction of sp³-hybridized carbons (Fsp3) is 0.238. The van der Waals surface area contributed by atoms with Crippen molar-refractivity contribution < 1.29 is 9.53 Å². The van der Waals surface area contributed by atoms with Crippen LogP contribution in [0.1, 0.15) is 22.6 Å². The van der Waals surface area contributed by atoms with E-state index in [0.29, 0.717) is 24.4 Å². The number of aryl methyl sites for hydroxylation is 2. The van der Waals surface area contributed by atoms with Gasteiger partial charge in [-0.1, -0.05) is 41.9 Å². The lowest BCUT2D eigenvalue weighted by Gasteiger charge is -2.05. The van der Waals surface area contributed by atoms with Gasteiger partial charge in [0, 0.05) is 16.9 Å². The number of thiazole rings is 1. The maximum atomic E-state index is 12.2. The first-order valence-corrected chi connectivity index (χ1v) is 9.87. The Morgan fingerprint density at radius 3 is 2.63 bits per heavy atom. The van der Waals surface area contributed by atoms with E-state index in [1.165, 1.54) is 0 Å². The number of hydrogen-bond acceptors (Lipinski definition) is 4. The highest BCUT2D eigenvalue weighted by atomic mass is 35.5. The van der Waals surface area contributed by atoms with Crippen LogP contribution in [0.15, 0.2) is 48.5 Å². The SMILES string of the molecule is COc1ccc(CCC(=O)NCc2sc(-c3ccccc3Cl)nc2C)cc1. The second-order valence-electron chi connectivity index (χ2n) is 6.13. The van der Waals surface area contributed by atoms with Gasteiger partial charge in [0.05, 0.1) is 24.4 Å². The average molecular weight is 401 g/mol. The summed E-state index contributed by atoms with van der Waals surface area (Å²) in [5.74, 6) is 0.844. The van der Waals surface area contributed by atoms with Crippen LogP contribution in [0.25, 0.3) is 10.6 Å². The third-order valence-electron chi connectivity index (χ3n) is 4.24. The number of methoxy groups -OCH3 is 1. The van der Waals surface area contributed by atoms with Gasteiger partial charge in [-0.2, -0.15) is 0 Å². The summed E-state index contributed by atoms with van der Waals surface area (Å²) in [6, 6.07) is 15.4. The van der Waals surface area contributed by atoms with Crippen molar-refractivity contribution in [3.8, 4) is 16.3 Å². The normalized spacial score (nSPS) is 10.6. The lowest BCUT2D eigenvalue weighted by Crippen LogP contribution is -2.22. The Kier molecular flexibility index (Phi) is 6.48. The quantitative estimate of drug-likeness (QED) is 0.605. The van der Waals surface area contributed by atoms with Crippen LogP contribution in [0.3, 0.4) is 0 Å². The molecule has 0 unspecified atom stereocenters. The molecule has 3 rings (SSSR count). The Morgan fingerprint density at radius 2 is 1.93 bits per heavy atom. The number of rotatable bonds is 7. The summed E-state index contributed by atoms with van der Waals surface area (Å²) < 4.78 is 5.14. The van der Waals surface area contributed by atoms with Crippen LogP contribution in [0.4, 0.5) is 0 Å². The monoisotopic (exact) mass is 400 g/mol. The van der Waals surface area contributed by atoms with E-state index in [1.54, 1.807) is 18.4 Å². The summed E-state index contributed by atoms with van der Waals surface area (Å²) in [6.45, 7) is 2.44. The molecule has 0 aliphatic rings. The molecule has 1 aromatic heterocycles. The molecule has 0 bridgehead atoms. The molecule has 2 aromatic carbocycles. The second-order valence-corrected chi connectivity index (χ2v) is 7.62. The maximum absolute atomic E-state index is 12.2. The Bertz CT molecular complexity index is 922. The molecule has 0 atom stereocenters. The topological polar surface area (TPSA) is 51.2 Å². The summed E-state index contributed by atoms with van der Waals surface area (Å²) in [5.41, 5.74) is 2.95. The third-order valence-corrected chi connectivity index (χ3v) is 5.76. The average Bonchev–Trinajstić information content (AvgIpc) is 3.06. The van der Waals surface area contributed by atoms with E-state index in [-0.39, 0.29) is 5.91 Å². The number of benzene rings is 2. The van der Waals surface area contributed by atoms with Crippen LogP contribution in [-0.2, 0) is 17.8 Å². The molecule has 1 amide bonds. The first kappa shape index (κ1) is 19.4. The molecular formula is C21H21ClN2O2S. The van der Waals surface area contributed by atoms with Gasteiger partial charge in [-0.25, -0.2) is 4.98 Å². The van der Waals surface area contributed by atoms with Crippen LogP contribution in [0, 0.1) is 6.92 Å². The van der Waals surface area contributed by atoms with Crippen molar-refractivity contribution in [1.29, 1.82) is 0 Å². The van der Waals surface area contributed by atoms with Crippen molar-refractivity contribution in [2.24, 2.45) is 0 Å². The first-order chi connectivity index (χ1) is 13.1. The lowest BCUT2D eigenvalue weighted by atomic mass is 10.1. The molecule has 140 valence electrons. The van der Waals surface area contributed by atoms with Gasteiger partial charge in [-0.15, -0.1) is 11.3 Å². The molecule has 27 heavy (non-hydrogen) atoms. The van der Waals surface area contributed by atoms with Crippen molar-refractivity contribution >= 4 is 28.8 Å². The molecule has 0 saturated carbocycles. The van der Waals surface area contributed by atoms with E-state index in [2.05, 4.69) is 10.3 Å². The summed E-state index contributed by atoms with van der Waals surface area (Å²) in [7, 11) is 1.64. The summed E-state index contributed by atoms with van der Waals surface area (Å²) in [6.07, 6.45) is 1.14. The fourth-order valence-electron chi connectivity index (χ4n) is 2.66. The highest BCUT2D eigenvalue weighted by Gasteiger charge is 2.12. The number of nitrogens with one attached hydrogen (secondary N) is 1. The lowest BCUT2D eigenvalue weighted by molar-refractivity contribution is -0.121. The van der Waals surface area contributed by atoms with Crippen molar-refractivity contribution in [3.05, 3.63) is 69.7 Å². The minimum atomic E-state index is 0.0258. The number of hydrogen-bond donors (Lipinski definition) is 1. The van der Waals surface area contributed by atoms with Crippen molar-refractivity contribution in [2.75, 3.05) is 7.11 Å². The van der Waals surface area contributed by atoms with Crippen molar-refractivity contribution in [3.63, 3.8) is 0 Å². The molecule has 0 aliphatic carbocycles. The molecule has 0 spiro atoms. The molecule has 1 N–H and O–H groups in total. The fourth-order valence-corrected chi connectivity index (χ4v) is 3.98. The van der Waals surface area contributed by atoms with Crippen LogP contribution in [0.5, 0.6) is 5.75 Å². The zero-order valence-electron chi connectivity index (χ0n) is 15.3. The minimum Gasteiger partial charge on any atom is -0.497 e. The van der Waals surface area contributed by atoms with E-state index < -0.39 is 0 Å². The Hall–Kier alpha value is -2.37. The molecule has 6 heteroatoms. The van der Waals surface area contributed by atoms with Crippen LogP contribution >= 0.6 is 22.9 Å². The number of halogens is 1. The van der Waals surface area contributed by atoms with Crippen molar-refractivity contribution in [1.82, 2.24) is 10.3 Å². The van der Waals surface area contributed by atoms with Crippen LogP contribution in [0.2, 0.25) is 5.02 Å². The van der Waals surface area contributed by atoms with Gasteiger partial charge in [0.15, 0.2) is 0 Å². The zero-order valence-corrected chi connectivity index (χ0v) is 16.9. The number of nitrogens with zero attached hydrogens (tertiary/aromatic N) is 1. The molecule has 0 radical (unpaired) electrons. The maximum Gasteiger partial charge on any atom is 0.220 e. The molecule has 1 heterocycles. The molecular weight excluding hydrogens is 380 g/mol. The van der Waals surface area contributed by atoms with Gasteiger partial charge in [0.2, 0.25) is 5.91 Å². The standard InChI is InChI=1S/C21H21ClN2O2S/c1-14-19(27-21(24-14)17-5-3-4-6-18(17)22)13-23-20(25)12-9-15-7-10-16(26-2)11-8-15/h3-8,10-11H,9,12-13H2,1-2H3,(H,23,25). The number of carbonyl (C=O) groups excluding carboxylic acids is 1. The zero-order chi connectivity index (χ0) is 19.2. The van der Waals surface area contributed by atoms with E-state index in [1.807, 2.05) is 55.5 Å². The van der Waals surface area contributed by atoms with Gasteiger partial charge in [0.1, 0.15) is 10.8 Å². The first-order valence-electron chi connectivity index (χ1n) is 8.67. The molecule has 0 fully saturated rings. The van der Waals surface area contributed by atoms with Gasteiger partial charge >= 0.3 is 0 Å². The summed E-state index contributed by atoms with van der Waals surface area (Å²) in [4.78, 5) is 17.8. The van der Waals surface area contributed by atoms with Gasteiger partial charge in [-0.3, -0.25) is 4.79 Å². The van der Waals surface area contributed by atoms with Gasteiger partial charge in [-0.05, 0) is 37.1 Å². The van der Waals surface area contributed by atoms with Gasteiger partial charge in [0.25, 0.3) is 0 Å². The third kappa shape index (κ3) is 5.08. The number of carbonyl (C=O) groups is 1. The molecule has 0 saturated heterocycles. The van der Waals surface area contributed by atoms with Crippen molar-refractivity contribution in [2.45, 2.75) is 26.3 Å². The van der Waals surface area contributed by atoms with Crippen LogP contribution in [-0.4, -0.2) is 18.0 Å². The highest BCUT2D eigenvalue weighted by Crippen LogP contribution is 2.32. The molecule has 0 aliphatic heterocycles. The summed E-state index contributed by atoms with van der Waals surface area (Å²) in [5, 5.41) is 4.54. The predicted octanol–water partition coefficient (Wildman–Crippen LogP) is 5.03. The van der Waals surface area contributed by atoms with Gasteiger partial charge < -0.3 is 10.1 Å². The van der Waals surface area contributed by atoms with E-state index in [9.17, 15) is 4.79 Å². The smallest absolute Gasteiger partial charge is 0.220 e. The Balaban J connectivity index is 1.55. The molecule has 4 nitrogen and oxygen atoms in total. The largest absolute Gasteiger partial charge is 0.497 e. The number of ether oxygens (including phenoxy) is 1. The van der Waals surface area contributed by atoms with E-state index in [0.717, 1.165) is 32.5 Å². The second kappa shape index (κ2) is 9.02. The number of amides is 1. The number of aromatic nitrogens is 1. The minimum absolute atomic E-state index is 0.0258. The predicted molar refractivity (Wildman–Crippen MR) is 110 cm³/mol. The summed E-state index contributed by atoms with van der Waals surface area (Å²) >= 11 is 7.82. The van der Waals surface area contributed by atoms with E-state index in [4.69, 9.17) is 16.3 Å². The van der Waals surface area contributed by atoms with E-state index >= 15 is 0 Å². The Labute approximate surface area is 168 Å². The Morgan fingerprint density at radius 1 is 1.19 bits per heavy atom. The molecule has 3 aromatic rings.